The maximum Gasteiger partial charge on any atom is 0.418 e. The minimum atomic E-state index is -4.49. The van der Waals surface area contributed by atoms with Gasteiger partial charge in [0.25, 0.3) is 0 Å². The largest absolute Gasteiger partial charge is 0.466 e. The van der Waals surface area contributed by atoms with Crippen LogP contribution in [-0.2, 0) is 15.7 Å². The molecular formula is C13H14F3NO2. The summed E-state index contributed by atoms with van der Waals surface area (Å²) < 4.78 is 42.5. The Bertz CT molecular complexity index is 481. The Kier molecular flexibility index (Phi) is 4.97. The zero-order valence-electron chi connectivity index (χ0n) is 10.3. The summed E-state index contributed by atoms with van der Waals surface area (Å²) in [6, 6.07) is 3.58. The minimum Gasteiger partial charge on any atom is -0.466 e. The first-order valence-electron chi connectivity index (χ1n) is 5.63. The molecule has 0 aliphatic carbocycles. The van der Waals surface area contributed by atoms with Gasteiger partial charge in [-0.1, -0.05) is 18.2 Å². The number of benzene rings is 1. The molecule has 0 aliphatic heterocycles. The van der Waals surface area contributed by atoms with Gasteiger partial charge in [-0.15, -0.1) is 0 Å². The Hall–Kier alpha value is -1.98. The Balaban J connectivity index is 2.80. The predicted molar refractivity (Wildman–Crippen MR) is 66.1 cm³/mol. The molecule has 0 saturated carbocycles. The van der Waals surface area contributed by atoms with Crippen LogP contribution in [0.3, 0.4) is 0 Å². The van der Waals surface area contributed by atoms with Crippen LogP contribution in [0.15, 0.2) is 24.3 Å². The van der Waals surface area contributed by atoms with Crippen molar-refractivity contribution < 1.29 is 22.7 Å². The summed E-state index contributed by atoms with van der Waals surface area (Å²) in [6.07, 6.45) is -1.61. The zero-order valence-corrected chi connectivity index (χ0v) is 10.3. The number of anilines is 1. The smallest absolute Gasteiger partial charge is 0.418 e. The molecule has 0 bridgehead atoms. The molecule has 1 aromatic rings. The van der Waals surface area contributed by atoms with Crippen LogP contribution in [0.25, 0.3) is 6.08 Å². The molecule has 3 nitrogen and oxygen atoms in total. The van der Waals surface area contributed by atoms with Gasteiger partial charge >= 0.3 is 12.1 Å². The maximum absolute atomic E-state index is 12.6. The Morgan fingerprint density at radius 3 is 2.68 bits per heavy atom. The highest BCUT2D eigenvalue weighted by Gasteiger charge is 2.32. The number of hydrogen-bond donors (Lipinski definition) is 1. The van der Waals surface area contributed by atoms with E-state index in [1.165, 1.54) is 24.3 Å². The molecule has 0 amide bonds. The SMILES string of the molecule is CCOC(=O)CC=Cc1ccc(N)c(C(F)(F)F)c1. The molecule has 0 spiro atoms. The van der Waals surface area contributed by atoms with Gasteiger partial charge in [0.1, 0.15) is 0 Å². The number of alkyl halides is 3. The van der Waals surface area contributed by atoms with E-state index in [1.54, 1.807) is 6.92 Å². The highest BCUT2D eigenvalue weighted by atomic mass is 19.4. The van der Waals surface area contributed by atoms with E-state index < -0.39 is 17.7 Å². The van der Waals surface area contributed by atoms with Gasteiger partial charge in [-0.25, -0.2) is 0 Å². The fraction of sp³-hybridized carbons (Fsp3) is 0.308. The lowest BCUT2D eigenvalue weighted by molar-refractivity contribution is -0.142. The number of nitrogens with two attached hydrogens (primary N) is 1. The third kappa shape index (κ3) is 4.65. The first kappa shape index (κ1) is 15.1. The fourth-order valence-electron chi connectivity index (χ4n) is 1.43. The normalized spacial score (nSPS) is 11.8. The highest BCUT2D eigenvalue weighted by molar-refractivity contribution is 5.72. The molecule has 6 heteroatoms. The van der Waals surface area contributed by atoms with Gasteiger partial charge < -0.3 is 10.5 Å². The predicted octanol–water partition coefficient (Wildman–Crippen LogP) is 3.25. The first-order valence-corrected chi connectivity index (χ1v) is 5.63. The van der Waals surface area contributed by atoms with Crippen molar-refractivity contribution in [1.82, 2.24) is 0 Å². The van der Waals surface area contributed by atoms with E-state index in [2.05, 4.69) is 4.74 Å². The molecule has 0 aromatic heterocycles. The van der Waals surface area contributed by atoms with E-state index in [1.807, 2.05) is 0 Å². The summed E-state index contributed by atoms with van der Waals surface area (Å²) >= 11 is 0. The fourth-order valence-corrected chi connectivity index (χ4v) is 1.43. The van der Waals surface area contributed by atoms with Crippen molar-refractivity contribution in [2.45, 2.75) is 19.5 Å². The van der Waals surface area contributed by atoms with Gasteiger partial charge in [-0.05, 0) is 24.6 Å². The van der Waals surface area contributed by atoms with E-state index >= 15 is 0 Å². The minimum absolute atomic E-state index is 0.0135. The highest BCUT2D eigenvalue weighted by Crippen LogP contribution is 2.34. The number of hydrogen-bond acceptors (Lipinski definition) is 3. The maximum atomic E-state index is 12.6. The quantitative estimate of drug-likeness (QED) is 0.676. The van der Waals surface area contributed by atoms with Crippen LogP contribution >= 0.6 is 0 Å². The number of rotatable bonds is 4. The lowest BCUT2D eigenvalue weighted by Crippen LogP contribution is -2.08. The van der Waals surface area contributed by atoms with Crippen LogP contribution < -0.4 is 5.73 Å². The summed E-state index contributed by atoms with van der Waals surface area (Å²) in [5.74, 6) is -0.426. The number of halogens is 3. The van der Waals surface area contributed by atoms with Crippen molar-refractivity contribution in [2.75, 3.05) is 12.3 Å². The van der Waals surface area contributed by atoms with Gasteiger partial charge in [0.05, 0.1) is 18.6 Å². The van der Waals surface area contributed by atoms with E-state index in [-0.39, 0.29) is 18.7 Å². The van der Waals surface area contributed by atoms with Crippen molar-refractivity contribution in [1.29, 1.82) is 0 Å². The summed E-state index contributed by atoms with van der Waals surface area (Å²) in [5.41, 5.74) is 4.39. The Morgan fingerprint density at radius 2 is 2.11 bits per heavy atom. The molecule has 19 heavy (non-hydrogen) atoms. The molecule has 0 fully saturated rings. The molecule has 0 atom stereocenters. The zero-order chi connectivity index (χ0) is 14.5. The average molecular weight is 273 g/mol. The third-order valence-corrected chi connectivity index (χ3v) is 2.28. The van der Waals surface area contributed by atoms with Crippen LogP contribution in [0.5, 0.6) is 0 Å². The van der Waals surface area contributed by atoms with Crippen LogP contribution in [0.4, 0.5) is 18.9 Å². The third-order valence-electron chi connectivity index (χ3n) is 2.28. The number of nitrogen functional groups attached to an aromatic ring is 1. The summed E-state index contributed by atoms with van der Waals surface area (Å²) in [6.45, 7) is 1.95. The number of esters is 1. The molecule has 1 rings (SSSR count). The van der Waals surface area contributed by atoms with Crippen LogP contribution in [0.2, 0.25) is 0 Å². The van der Waals surface area contributed by atoms with Gasteiger partial charge in [0, 0.05) is 5.69 Å². The van der Waals surface area contributed by atoms with Crippen molar-refractivity contribution in [3.63, 3.8) is 0 Å². The second-order valence-electron chi connectivity index (χ2n) is 3.76. The average Bonchev–Trinajstić information content (AvgIpc) is 2.30. The summed E-state index contributed by atoms with van der Waals surface area (Å²) in [7, 11) is 0. The number of carbonyl (C=O) groups excluding carboxylic acids is 1. The topological polar surface area (TPSA) is 52.3 Å². The lowest BCUT2D eigenvalue weighted by atomic mass is 10.1. The van der Waals surface area contributed by atoms with Crippen molar-refractivity contribution >= 4 is 17.7 Å². The number of ether oxygens (including phenoxy) is 1. The van der Waals surface area contributed by atoms with E-state index in [0.29, 0.717) is 5.56 Å². The first-order chi connectivity index (χ1) is 8.84. The second kappa shape index (κ2) is 6.26. The molecule has 0 heterocycles. The monoisotopic (exact) mass is 273 g/mol. The van der Waals surface area contributed by atoms with Crippen molar-refractivity contribution in [3.8, 4) is 0 Å². The standard InChI is InChI=1S/C13H14F3NO2/c1-2-19-12(18)5-3-4-9-6-7-11(17)10(8-9)13(14,15)16/h3-4,6-8H,2,5,17H2,1H3. The van der Waals surface area contributed by atoms with E-state index in [0.717, 1.165) is 6.07 Å². The van der Waals surface area contributed by atoms with E-state index in [9.17, 15) is 18.0 Å². The summed E-state index contributed by atoms with van der Waals surface area (Å²) in [5, 5.41) is 0. The van der Waals surface area contributed by atoms with Gasteiger partial charge in [-0.3, -0.25) is 4.79 Å². The van der Waals surface area contributed by atoms with Crippen molar-refractivity contribution in [3.05, 3.63) is 35.4 Å². The Labute approximate surface area is 108 Å². The molecule has 2 N–H and O–H groups in total. The molecule has 104 valence electrons. The van der Waals surface area contributed by atoms with Gasteiger partial charge in [0.2, 0.25) is 0 Å². The van der Waals surface area contributed by atoms with Crippen LogP contribution in [0.1, 0.15) is 24.5 Å². The number of carbonyl (C=O) groups is 1. The molecular weight excluding hydrogens is 259 g/mol. The van der Waals surface area contributed by atoms with Crippen LogP contribution in [-0.4, -0.2) is 12.6 Å². The molecule has 0 unspecified atom stereocenters. The molecule has 1 aromatic carbocycles. The van der Waals surface area contributed by atoms with Gasteiger partial charge in [-0.2, -0.15) is 13.2 Å². The lowest BCUT2D eigenvalue weighted by Gasteiger charge is -2.10. The molecule has 0 saturated heterocycles. The van der Waals surface area contributed by atoms with E-state index in [4.69, 9.17) is 5.73 Å². The molecule has 0 radical (unpaired) electrons. The Morgan fingerprint density at radius 1 is 1.42 bits per heavy atom. The van der Waals surface area contributed by atoms with Crippen LogP contribution in [0, 0.1) is 0 Å². The van der Waals surface area contributed by atoms with Crippen molar-refractivity contribution in [2.24, 2.45) is 0 Å². The second-order valence-corrected chi connectivity index (χ2v) is 3.76. The van der Waals surface area contributed by atoms with Gasteiger partial charge in [0.15, 0.2) is 0 Å². The molecule has 0 aliphatic rings. The summed E-state index contributed by atoms with van der Waals surface area (Å²) in [4.78, 5) is 11.0.